The van der Waals surface area contributed by atoms with Crippen molar-refractivity contribution in [2.75, 3.05) is 24.7 Å². The fourth-order valence-corrected chi connectivity index (χ4v) is 6.99. The van der Waals surface area contributed by atoms with Crippen LogP contribution in [0.3, 0.4) is 0 Å². The van der Waals surface area contributed by atoms with E-state index in [1.165, 1.54) is 23.2 Å². The molecule has 0 N–H and O–H groups in total. The summed E-state index contributed by atoms with van der Waals surface area (Å²) in [5.41, 5.74) is 1.26. The van der Waals surface area contributed by atoms with E-state index in [9.17, 15) is 13.2 Å². The third-order valence-electron chi connectivity index (χ3n) is 5.36. The highest BCUT2D eigenvalue weighted by Crippen LogP contribution is 2.38. The number of aryl methyl sites for hydroxylation is 2. The minimum absolute atomic E-state index is 0.0440. The van der Waals surface area contributed by atoms with Gasteiger partial charge in [-0.3, -0.25) is 4.79 Å². The summed E-state index contributed by atoms with van der Waals surface area (Å²) in [6.07, 6.45) is 6.37. The minimum atomic E-state index is -3.04. The lowest BCUT2D eigenvalue weighted by Gasteiger charge is -2.26. The molecule has 3 heterocycles. The summed E-state index contributed by atoms with van der Waals surface area (Å²) in [6, 6.07) is -0.254. The number of rotatable bonds is 5. The van der Waals surface area contributed by atoms with Crippen molar-refractivity contribution in [3.63, 3.8) is 0 Å². The smallest absolute Gasteiger partial charge is 0.260 e. The van der Waals surface area contributed by atoms with Crippen molar-refractivity contribution in [3.8, 4) is 5.88 Å². The highest BCUT2D eigenvalue weighted by atomic mass is 32.2. The average Bonchev–Trinajstić information content (AvgIpc) is 3.20. The number of carbonyl (C=O) groups excluding carboxylic acids is 1. The number of sulfone groups is 1. The van der Waals surface area contributed by atoms with E-state index in [0.717, 1.165) is 29.5 Å². The van der Waals surface area contributed by atoms with E-state index in [4.69, 9.17) is 4.74 Å². The van der Waals surface area contributed by atoms with Crippen LogP contribution in [-0.2, 0) is 27.5 Å². The Bertz CT molecular complexity index is 970. The molecule has 7 nitrogen and oxygen atoms in total. The second-order valence-corrected chi connectivity index (χ2v) is 10.4. The molecule has 2 aliphatic rings. The Morgan fingerprint density at radius 3 is 2.89 bits per heavy atom. The van der Waals surface area contributed by atoms with Crippen LogP contribution in [0.25, 0.3) is 10.2 Å². The molecule has 4 rings (SSSR count). The number of hydrogen-bond acceptors (Lipinski definition) is 7. The molecule has 0 radical (unpaired) electrons. The van der Waals surface area contributed by atoms with Crippen LogP contribution in [0.2, 0.25) is 0 Å². The Balaban J connectivity index is 1.51. The quantitative estimate of drug-likeness (QED) is 0.750. The van der Waals surface area contributed by atoms with Gasteiger partial charge in [0.05, 0.1) is 16.9 Å². The van der Waals surface area contributed by atoms with Gasteiger partial charge >= 0.3 is 0 Å². The molecule has 0 spiro atoms. The van der Waals surface area contributed by atoms with Crippen LogP contribution in [0.4, 0.5) is 0 Å². The zero-order chi connectivity index (χ0) is 19.0. The van der Waals surface area contributed by atoms with Crippen LogP contribution < -0.4 is 4.74 Å². The van der Waals surface area contributed by atoms with Gasteiger partial charge in [0.25, 0.3) is 5.91 Å². The second-order valence-electron chi connectivity index (χ2n) is 7.10. The largest absolute Gasteiger partial charge is 0.467 e. The minimum Gasteiger partial charge on any atom is -0.467 e. The number of hydrogen-bond donors (Lipinski definition) is 0. The zero-order valence-electron chi connectivity index (χ0n) is 15.3. The molecule has 1 amide bonds. The van der Waals surface area contributed by atoms with E-state index >= 15 is 0 Å². The lowest BCUT2D eigenvalue weighted by atomic mass is 9.97. The molecule has 146 valence electrons. The second kappa shape index (κ2) is 7.35. The van der Waals surface area contributed by atoms with Crippen molar-refractivity contribution in [2.45, 2.75) is 45.1 Å². The molecule has 0 saturated carbocycles. The van der Waals surface area contributed by atoms with Crippen LogP contribution in [-0.4, -0.2) is 59.9 Å². The van der Waals surface area contributed by atoms with Crippen molar-refractivity contribution < 1.29 is 17.9 Å². The first kappa shape index (κ1) is 18.6. The van der Waals surface area contributed by atoms with Crippen molar-refractivity contribution in [1.82, 2.24) is 14.9 Å². The maximum Gasteiger partial charge on any atom is 0.260 e. The van der Waals surface area contributed by atoms with E-state index in [-0.39, 0.29) is 30.1 Å². The molecule has 1 atom stereocenters. The standard InChI is InChI=1S/C18H23N3O4S2/c1-2-21(12-7-8-27(23,24)10-12)15(22)9-25-17-16-13-5-3-4-6-14(13)26-18(16)20-11-19-17/h11-12H,2-10H2,1H3/t12-/m1/s1. The summed E-state index contributed by atoms with van der Waals surface area (Å²) < 4.78 is 29.3. The third-order valence-corrected chi connectivity index (χ3v) is 8.31. The number of carbonyl (C=O) groups is 1. The average molecular weight is 410 g/mol. The molecule has 2 aromatic rings. The predicted octanol–water partition coefficient (Wildman–Crippen LogP) is 1.98. The van der Waals surface area contributed by atoms with Gasteiger partial charge in [-0.05, 0) is 44.6 Å². The first-order chi connectivity index (χ1) is 13.0. The molecule has 1 fully saturated rings. The Labute approximate surface area is 162 Å². The molecule has 1 aliphatic heterocycles. The Morgan fingerprint density at radius 2 is 2.15 bits per heavy atom. The van der Waals surface area contributed by atoms with Crippen LogP contribution in [0, 0.1) is 0 Å². The van der Waals surface area contributed by atoms with Gasteiger partial charge in [-0.15, -0.1) is 11.3 Å². The molecule has 0 aromatic carbocycles. The van der Waals surface area contributed by atoms with Gasteiger partial charge in [0.2, 0.25) is 5.88 Å². The van der Waals surface area contributed by atoms with Crippen molar-refractivity contribution in [1.29, 1.82) is 0 Å². The highest BCUT2D eigenvalue weighted by molar-refractivity contribution is 7.91. The van der Waals surface area contributed by atoms with E-state index in [1.54, 1.807) is 16.2 Å². The lowest BCUT2D eigenvalue weighted by Crippen LogP contribution is -2.43. The van der Waals surface area contributed by atoms with Gasteiger partial charge in [-0.1, -0.05) is 0 Å². The van der Waals surface area contributed by atoms with Crippen LogP contribution >= 0.6 is 11.3 Å². The van der Waals surface area contributed by atoms with Crippen LogP contribution in [0.5, 0.6) is 5.88 Å². The Kier molecular flexibility index (Phi) is 5.07. The normalized spacial score (nSPS) is 21.1. The molecule has 1 aliphatic carbocycles. The number of nitrogens with zero attached hydrogens (tertiary/aromatic N) is 3. The third kappa shape index (κ3) is 3.67. The molecule has 2 aromatic heterocycles. The maximum atomic E-state index is 12.7. The molecular weight excluding hydrogens is 386 g/mol. The summed E-state index contributed by atoms with van der Waals surface area (Å²) in [5.74, 6) is 0.455. The van der Waals surface area contributed by atoms with Gasteiger partial charge < -0.3 is 9.64 Å². The first-order valence-electron chi connectivity index (χ1n) is 9.36. The lowest BCUT2D eigenvalue weighted by molar-refractivity contribution is -0.135. The Morgan fingerprint density at radius 1 is 1.33 bits per heavy atom. The van der Waals surface area contributed by atoms with Crippen LogP contribution in [0.15, 0.2) is 6.33 Å². The summed E-state index contributed by atoms with van der Waals surface area (Å²) in [6.45, 7) is 2.19. The molecule has 27 heavy (non-hydrogen) atoms. The molecule has 0 bridgehead atoms. The number of likely N-dealkylation sites (N-methyl/N-ethyl adjacent to an activating group) is 1. The van der Waals surface area contributed by atoms with E-state index in [0.29, 0.717) is 18.8 Å². The van der Waals surface area contributed by atoms with E-state index < -0.39 is 9.84 Å². The van der Waals surface area contributed by atoms with Gasteiger partial charge in [0.15, 0.2) is 16.4 Å². The van der Waals surface area contributed by atoms with Crippen molar-refractivity contribution in [3.05, 3.63) is 16.8 Å². The Hall–Kier alpha value is -1.74. The first-order valence-corrected chi connectivity index (χ1v) is 12.0. The molecule has 0 unspecified atom stereocenters. The number of ether oxygens (including phenoxy) is 1. The SMILES string of the molecule is CCN(C(=O)COc1ncnc2sc3c(c12)CCCC3)[C@@H]1CCS(=O)(=O)C1. The highest BCUT2D eigenvalue weighted by Gasteiger charge is 2.34. The maximum absolute atomic E-state index is 12.7. The number of aromatic nitrogens is 2. The van der Waals surface area contributed by atoms with Crippen LogP contribution in [0.1, 0.15) is 36.6 Å². The van der Waals surface area contributed by atoms with Gasteiger partial charge in [0.1, 0.15) is 11.2 Å². The van der Waals surface area contributed by atoms with Gasteiger partial charge in [0, 0.05) is 17.5 Å². The van der Waals surface area contributed by atoms with E-state index in [1.807, 2.05) is 6.92 Å². The topological polar surface area (TPSA) is 89.5 Å². The molecule has 9 heteroatoms. The number of fused-ring (bicyclic) bond motifs is 3. The van der Waals surface area contributed by atoms with Crippen molar-refractivity contribution >= 4 is 37.3 Å². The summed E-state index contributed by atoms with van der Waals surface area (Å²) in [5, 5.41) is 0.941. The van der Waals surface area contributed by atoms with Gasteiger partial charge in [-0.2, -0.15) is 0 Å². The zero-order valence-corrected chi connectivity index (χ0v) is 16.9. The summed E-state index contributed by atoms with van der Waals surface area (Å²) >= 11 is 1.69. The number of amides is 1. The number of thiophene rings is 1. The summed E-state index contributed by atoms with van der Waals surface area (Å²) in [4.78, 5) is 25.2. The predicted molar refractivity (Wildman–Crippen MR) is 104 cm³/mol. The summed E-state index contributed by atoms with van der Waals surface area (Å²) in [7, 11) is -3.04. The van der Waals surface area contributed by atoms with Crippen molar-refractivity contribution in [2.24, 2.45) is 0 Å². The van der Waals surface area contributed by atoms with E-state index in [2.05, 4.69) is 9.97 Å². The monoisotopic (exact) mass is 409 g/mol. The molecular formula is C18H23N3O4S2. The molecule has 1 saturated heterocycles. The van der Waals surface area contributed by atoms with Gasteiger partial charge in [-0.25, -0.2) is 18.4 Å². The fraction of sp³-hybridized carbons (Fsp3) is 0.611. The fourth-order valence-electron chi connectivity index (χ4n) is 4.04.